The minimum Gasteiger partial charge on any atom is -0.468 e. The van der Waals surface area contributed by atoms with E-state index in [9.17, 15) is 0 Å². The highest BCUT2D eigenvalue weighted by Crippen LogP contribution is 2.53. The fraction of sp³-hybridized carbons (Fsp3) is 0.490. The molecular formula is C51H61BN2O. The molecule has 5 aliphatic rings. The summed E-state index contributed by atoms with van der Waals surface area (Å²) in [6.07, 6.45) is 12.1. The average Bonchev–Trinajstić information content (AvgIpc) is 3.89. The molecule has 3 nitrogen and oxygen atoms in total. The predicted molar refractivity (Wildman–Crippen MR) is 235 cm³/mol. The zero-order valence-electron chi connectivity index (χ0n) is 35.0. The van der Waals surface area contributed by atoms with Crippen molar-refractivity contribution in [3.05, 3.63) is 95.1 Å². The highest BCUT2D eigenvalue weighted by Gasteiger charge is 2.51. The van der Waals surface area contributed by atoms with E-state index in [1.54, 1.807) is 0 Å². The molecule has 3 atom stereocenters. The van der Waals surface area contributed by atoms with Gasteiger partial charge in [0.25, 0.3) is 6.71 Å². The second-order valence-corrected chi connectivity index (χ2v) is 21.3. The number of anilines is 5. The van der Waals surface area contributed by atoms with Gasteiger partial charge in [-0.15, -0.1) is 0 Å². The molecule has 4 heteroatoms. The summed E-state index contributed by atoms with van der Waals surface area (Å²) in [4.78, 5) is 5.53. The SMILES string of the molecule is CC(C)(C)c1ccc(N2c3cc(C4CCCCC4)cc4c3B(c3cc(C(C)(C)C)ccc3N4C3CC4CCC3C4)c3oc4ccc(C(C)(C)C)cc4c32)cc1. The molecule has 0 spiro atoms. The van der Waals surface area contributed by atoms with Gasteiger partial charge in [-0.2, -0.15) is 0 Å². The number of furan rings is 1. The van der Waals surface area contributed by atoms with Crippen LogP contribution in [0.3, 0.4) is 0 Å². The molecule has 0 saturated heterocycles. The molecule has 3 aliphatic carbocycles. The Morgan fingerprint density at radius 3 is 1.93 bits per heavy atom. The van der Waals surface area contributed by atoms with Gasteiger partial charge in [0.1, 0.15) is 5.58 Å². The van der Waals surface area contributed by atoms with Gasteiger partial charge < -0.3 is 14.2 Å². The van der Waals surface area contributed by atoms with Crippen LogP contribution in [0.25, 0.3) is 11.0 Å². The van der Waals surface area contributed by atoms with E-state index in [-0.39, 0.29) is 23.0 Å². The van der Waals surface area contributed by atoms with Crippen molar-refractivity contribution in [2.24, 2.45) is 11.8 Å². The maximum absolute atomic E-state index is 7.32. The summed E-state index contributed by atoms with van der Waals surface area (Å²) < 4.78 is 7.32. The molecule has 284 valence electrons. The van der Waals surface area contributed by atoms with Crippen molar-refractivity contribution in [2.75, 3.05) is 9.80 Å². The van der Waals surface area contributed by atoms with Crippen molar-refractivity contribution < 1.29 is 4.42 Å². The minimum absolute atomic E-state index is 0.0168. The fourth-order valence-electron chi connectivity index (χ4n) is 11.4. The normalized spacial score (nSPS) is 22.3. The molecule has 1 aromatic heterocycles. The molecule has 0 radical (unpaired) electrons. The number of nitrogens with zero attached hydrogens (tertiary/aromatic N) is 2. The predicted octanol–water partition coefficient (Wildman–Crippen LogP) is 12.3. The van der Waals surface area contributed by atoms with Crippen molar-refractivity contribution in [1.82, 2.24) is 0 Å². The van der Waals surface area contributed by atoms with Crippen molar-refractivity contribution in [2.45, 2.75) is 148 Å². The van der Waals surface area contributed by atoms with E-state index in [2.05, 4.69) is 145 Å². The van der Waals surface area contributed by atoms with Gasteiger partial charge in [0.2, 0.25) is 0 Å². The quantitative estimate of drug-likeness (QED) is 0.169. The van der Waals surface area contributed by atoms with Gasteiger partial charge in [0.05, 0.1) is 11.3 Å². The molecule has 3 heterocycles. The van der Waals surface area contributed by atoms with Gasteiger partial charge in [0, 0.05) is 34.2 Å². The number of fused-ring (bicyclic) bond motifs is 8. The Labute approximate surface area is 331 Å². The van der Waals surface area contributed by atoms with E-state index in [1.807, 2.05) is 0 Å². The molecule has 3 saturated carbocycles. The van der Waals surface area contributed by atoms with E-state index >= 15 is 0 Å². The standard InChI is InChI=1S/C51H61BN2O/c1-49(2,3)35-17-21-38(22-18-35)53-43-27-34(32-13-11-10-12-14-32)28-44-46(43)52(48-47(53)39-29-36(50(4,5)6)20-24-45(39)55-48)40-30-37(51(7,8)9)19-23-41(40)54(44)42-26-31-15-16-33(42)25-31/h17-24,27-33,42H,10-16,25-26H2,1-9H3. The first-order valence-electron chi connectivity index (χ1n) is 21.7. The smallest absolute Gasteiger partial charge is 0.297 e. The summed E-state index contributed by atoms with van der Waals surface area (Å²) in [7, 11) is 0. The number of rotatable bonds is 3. The van der Waals surface area contributed by atoms with Gasteiger partial charge in [-0.1, -0.05) is 118 Å². The summed E-state index contributed by atoms with van der Waals surface area (Å²) in [5, 5.41) is 1.22. The van der Waals surface area contributed by atoms with Crippen molar-refractivity contribution in [3.8, 4) is 0 Å². The first-order valence-corrected chi connectivity index (χ1v) is 21.7. The zero-order valence-corrected chi connectivity index (χ0v) is 35.0. The minimum atomic E-state index is 0.0168. The molecule has 4 aromatic carbocycles. The van der Waals surface area contributed by atoms with Gasteiger partial charge in [-0.05, 0) is 142 Å². The molecule has 3 unspecified atom stereocenters. The molecule has 2 bridgehead atoms. The Bertz CT molecular complexity index is 2300. The lowest BCUT2D eigenvalue weighted by molar-refractivity contribution is 0.413. The molecule has 10 rings (SSSR count). The Morgan fingerprint density at radius 1 is 0.618 bits per heavy atom. The van der Waals surface area contributed by atoms with E-state index in [0.29, 0.717) is 12.0 Å². The lowest BCUT2D eigenvalue weighted by Crippen LogP contribution is -2.63. The molecule has 55 heavy (non-hydrogen) atoms. The van der Waals surface area contributed by atoms with Gasteiger partial charge >= 0.3 is 0 Å². The van der Waals surface area contributed by atoms with Crippen LogP contribution in [0.2, 0.25) is 0 Å². The van der Waals surface area contributed by atoms with Crippen molar-refractivity contribution in [1.29, 1.82) is 0 Å². The molecule has 5 aromatic rings. The monoisotopic (exact) mass is 728 g/mol. The summed E-state index contributed by atoms with van der Waals surface area (Å²) >= 11 is 0. The molecule has 0 amide bonds. The molecule has 2 aliphatic heterocycles. The summed E-state index contributed by atoms with van der Waals surface area (Å²) in [6, 6.07) is 29.9. The van der Waals surface area contributed by atoms with E-state index in [0.717, 1.165) is 23.1 Å². The van der Waals surface area contributed by atoms with Crippen LogP contribution in [0.4, 0.5) is 28.4 Å². The third-order valence-corrected chi connectivity index (χ3v) is 14.6. The van der Waals surface area contributed by atoms with E-state index in [1.165, 1.54) is 125 Å². The second kappa shape index (κ2) is 12.3. The third-order valence-electron chi connectivity index (χ3n) is 14.6. The number of benzene rings is 4. The summed E-state index contributed by atoms with van der Waals surface area (Å²) in [5.41, 5.74) is 17.4. The average molecular weight is 729 g/mol. The highest BCUT2D eigenvalue weighted by molar-refractivity contribution is 6.99. The second-order valence-electron chi connectivity index (χ2n) is 21.3. The van der Waals surface area contributed by atoms with Crippen LogP contribution in [-0.2, 0) is 16.2 Å². The lowest BCUT2D eigenvalue weighted by atomic mass is 9.35. The Morgan fingerprint density at radius 2 is 1.27 bits per heavy atom. The maximum Gasteiger partial charge on any atom is 0.297 e. The Balaban J connectivity index is 1.31. The van der Waals surface area contributed by atoms with Crippen LogP contribution in [0.5, 0.6) is 0 Å². The third kappa shape index (κ3) is 5.66. The topological polar surface area (TPSA) is 19.6 Å². The van der Waals surface area contributed by atoms with E-state index in [4.69, 9.17) is 4.42 Å². The van der Waals surface area contributed by atoms with Gasteiger partial charge in [-0.25, -0.2) is 0 Å². The van der Waals surface area contributed by atoms with Crippen LogP contribution in [0, 0.1) is 11.8 Å². The zero-order chi connectivity index (χ0) is 38.2. The summed E-state index contributed by atoms with van der Waals surface area (Å²) in [5.74, 6) is 2.22. The Kier molecular flexibility index (Phi) is 7.93. The van der Waals surface area contributed by atoms with Crippen LogP contribution in [0.15, 0.2) is 77.2 Å². The van der Waals surface area contributed by atoms with Crippen LogP contribution in [-0.4, -0.2) is 12.8 Å². The maximum atomic E-state index is 7.32. The summed E-state index contributed by atoms with van der Waals surface area (Å²) in [6.45, 7) is 21.1. The molecular weight excluding hydrogens is 667 g/mol. The van der Waals surface area contributed by atoms with Crippen LogP contribution < -0.4 is 26.4 Å². The number of hydrogen-bond donors (Lipinski definition) is 0. The van der Waals surface area contributed by atoms with Crippen molar-refractivity contribution >= 4 is 62.7 Å². The first-order chi connectivity index (χ1) is 26.1. The Hall–Kier alpha value is -3.92. The van der Waals surface area contributed by atoms with E-state index < -0.39 is 0 Å². The van der Waals surface area contributed by atoms with Gasteiger partial charge in [0.15, 0.2) is 0 Å². The molecule has 3 fully saturated rings. The van der Waals surface area contributed by atoms with Crippen LogP contribution in [0.1, 0.15) is 148 Å². The van der Waals surface area contributed by atoms with Crippen LogP contribution >= 0.6 is 0 Å². The lowest BCUT2D eigenvalue weighted by Gasteiger charge is -2.47. The first kappa shape index (κ1) is 35.5. The number of hydrogen-bond acceptors (Lipinski definition) is 3. The van der Waals surface area contributed by atoms with Crippen molar-refractivity contribution in [3.63, 3.8) is 0 Å². The fourth-order valence-corrected chi connectivity index (χ4v) is 11.4. The van der Waals surface area contributed by atoms with Gasteiger partial charge in [-0.3, -0.25) is 0 Å². The largest absolute Gasteiger partial charge is 0.468 e. The highest BCUT2D eigenvalue weighted by atomic mass is 16.3. The molecule has 0 N–H and O–H groups in total.